The van der Waals surface area contributed by atoms with Crippen LogP contribution in [0.2, 0.25) is 0 Å². The second-order valence-electron chi connectivity index (χ2n) is 6.16. The molecule has 0 aliphatic carbocycles. The third-order valence-electron chi connectivity index (χ3n) is 4.57. The van der Waals surface area contributed by atoms with Gasteiger partial charge in [0.1, 0.15) is 0 Å². The number of rotatable bonds is 7. The molecule has 1 fully saturated rings. The van der Waals surface area contributed by atoms with Crippen LogP contribution in [-0.2, 0) is 4.74 Å². The SMILES string of the molecule is CCNC(c1ccccc1)C(C)CN1CCC(OC)CC1. The lowest BCUT2D eigenvalue weighted by molar-refractivity contribution is 0.0355. The third kappa shape index (κ3) is 4.80. The highest BCUT2D eigenvalue weighted by Gasteiger charge is 2.24. The molecular formula is C18H30N2O. The first kappa shape index (κ1) is 16.5. The molecule has 0 spiro atoms. The summed E-state index contributed by atoms with van der Waals surface area (Å²) in [5.74, 6) is 0.603. The van der Waals surface area contributed by atoms with Crippen molar-refractivity contribution in [3.63, 3.8) is 0 Å². The largest absolute Gasteiger partial charge is 0.381 e. The summed E-state index contributed by atoms with van der Waals surface area (Å²) in [7, 11) is 1.83. The maximum absolute atomic E-state index is 5.46. The summed E-state index contributed by atoms with van der Waals surface area (Å²) < 4.78 is 5.46. The zero-order chi connectivity index (χ0) is 15.1. The zero-order valence-electron chi connectivity index (χ0n) is 13.7. The normalized spacial score (nSPS) is 20.3. The summed E-state index contributed by atoms with van der Waals surface area (Å²) in [6.07, 6.45) is 2.80. The van der Waals surface area contributed by atoms with Gasteiger partial charge in [-0.2, -0.15) is 0 Å². The Labute approximate surface area is 129 Å². The average Bonchev–Trinajstić information content (AvgIpc) is 2.54. The van der Waals surface area contributed by atoms with Crippen molar-refractivity contribution in [3.8, 4) is 0 Å². The van der Waals surface area contributed by atoms with E-state index >= 15 is 0 Å². The van der Waals surface area contributed by atoms with Gasteiger partial charge in [0.15, 0.2) is 0 Å². The molecule has 1 aliphatic rings. The number of benzene rings is 1. The second kappa shape index (κ2) is 8.52. The van der Waals surface area contributed by atoms with Crippen LogP contribution in [0.3, 0.4) is 0 Å². The Hall–Kier alpha value is -0.900. The van der Waals surface area contributed by atoms with Crippen LogP contribution < -0.4 is 5.32 Å². The molecule has 3 nitrogen and oxygen atoms in total. The smallest absolute Gasteiger partial charge is 0.0595 e. The molecule has 0 aromatic heterocycles. The Morgan fingerprint density at radius 2 is 1.90 bits per heavy atom. The summed E-state index contributed by atoms with van der Waals surface area (Å²) in [6, 6.07) is 11.3. The number of nitrogens with one attached hydrogen (secondary N) is 1. The molecule has 0 radical (unpaired) electrons. The van der Waals surface area contributed by atoms with Gasteiger partial charge < -0.3 is 15.0 Å². The first-order chi connectivity index (χ1) is 10.2. The minimum absolute atomic E-state index is 0.441. The van der Waals surface area contributed by atoms with Crippen LogP contribution in [-0.4, -0.2) is 44.3 Å². The highest BCUT2D eigenvalue weighted by molar-refractivity contribution is 5.19. The molecule has 1 aromatic rings. The Morgan fingerprint density at radius 3 is 2.48 bits per heavy atom. The Balaban J connectivity index is 1.92. The fraction of sp³-hybridized carbons (Fsp3) is 0.667. The van der Waals surface area contributed by atoms with Crippen molar-refractivity contribution in [2.24, 2.45) is 5.92 Å². The van der Waals surface area contributed by atoms with Crippen LogP contribution in [0, 0.1) is 5.92 Å². The number of nitrogens with zero attached hydrogens (tertiary/aromatic N) is 1. The van der Waals surface area contributed by atoms with Crippen LogP contribution in [0.15, 0.2) is 30.3 Å². The van der Waals surface area contributed by atoms with E-state index in [0.717, 1.165) is 26.2 Å². The van der Waals surface area contributed by atoms with Crippen LogP contribution in [0.4, 0.5) is 0 Å². The first-order valence-corrected chi connectivity index (χ1v) is 8.28. The van der Waals surface area contributed by atoms with E-state index in [4.69, 9.17) is 4.74 Å². The lowest BCUT2D eigenvalue weighted by Gasteiger charge is -2.35. The first-order valence-electron chi connectivity index (χ1n) is 8.28. The predicted octanol–water partition coefficient (Wildman–Crippen LogP) is 3.08. The minimum Gasteiger partial charge on any atom is -0.381 e. The molecule has 1 aliphatic heterocycles. The van der Waals surface area contributed by atoms with Crippen molar-refractivity contribution in [3.05, 3.63) is 35.9 Å². The molecule has 2 rings (SSSR count). The van der Waals surface area contributed by atoms with Crippen LogP contribution in [0.1, 0.15) is 38.3 Å². The Bertz CT molecular complexity index is 387. The van der Waals surface area contributed by atoms with Gasteiger partial charge in [0.2, 0.25) is 0 Å². The van der Waals surface area contributed by atoms with Gasteiger partial charge in [-0.15, -0.1) is 0 Å². The predicted molar refractivity (Wildman–Crippen MR) is 88.5 cm³/mol. The van der Waals surface area contributed by atoms with E-state index in [9.17, 15) is 0 Å². The molecule has 3 heteroatoms. The molecule has 1 heterocycles. The maximum atomic E-state index is 5.46. The van der Waals surface area contributed by atoms with Crippen molar-refractivity contribution >= 4 is 0 Å². The van der Waals surface area contributed by atoms with Crippen LogP contribution >= 0.6 is 0 Å². The van der Waals surface area contributed by atoms with Crippen molar-refractivity contribution in [1.29, 1.82) is 0 Å². The highest BCUT2D eigenvalue weighted by atomic mass is 16.5. The van der Waals surface area contributed by atoms with Crippen molar-refractivity contribution in [2.75, 3.05) is 33.3 Å². The number of methoxy groups -OCH3 is 1. The van der Waals surface area contributed by atoms with E-state index in [-0.39, 0.29) is 0 Å². The minimum atomic E-state index is 0.441. The van der Waals surface area contributed by atoms with E-state index in [1.165, 1.54) is 18.4 Å². The van der Waals surface area contributed by atoms with E-state index < -0.39 is 0 Å². The average molecular weight is 290 g/mol. The quantitative estimate of drug-likeness (QED) is 0.835. The van der Waals surface area contributed by atoms with Gasteiger partial charge in [-0.05, 0) is 30.9 Å². The van der Waals surface area contributed by atoms with E-state index in [0.29, 0.717) is 18.1 Å². The fourth-order valence-electron chi connectivity index (χ4n) is 3.37. The number of hydrogen-bond acceptors (Lipinski definition) is 3. The molecule has 118 valence electrons. The maximum Gasteiger partial charge on any atom is 0.0595 e. The third-order valence-corrected chi connectivity index (χ3v) is 4.57. The molecule has 2 unspecified atom stereocenters. The second-order valence-corrected chi connectivity index (χ2v) is 6.16. The molecular weight excluding hydrogens is 260 g/mol. The molecule has 1 aromatic carbocycles. The molecule has 1 saturated heterocycles. The van der Waals surface area contributed by atoms with Gasteiger partial charge in [0.25, 0.3) is 0 Å². The van der Waals surface area contributed by atoms with Crippen LogP contribution in [0.25, 0.3) is 0 Å². The lowest BCUT2D eigenvalue weighted by atomic mass is 9.93. The number of likely N-dealkylation sites (tertiary alicyclic amines) is 1. The van der Waals surface area contributed by atoms with Gasteiger partial charge in [0.05, 0.1) is 6.10 Å². The van der Waals surface area contributed by atoms with Gasteiger partial charge in [-0.1, -0.05) is 44.2 Å². The number of hydrogen-bond donors (Lipinski definition) is 1. The van der Waals surface area contributed by atoms with Gasteiger partial charge >= 0.3 is 0 Å². The van der Waals surface area contributed by atoms with Gasteiger partial charge in [-0.3, -0.25) is 0 Å². The molecule has 0 amide bonds. The fourth-order valence-corrected chi connectivity index (χ4v) is 3.37. The topological polar surface area (TPSA) is 24.5 Å². The molecule has 0 bridgehead atoms. The van der Waals surface area contributed by atoms with Crippen molar-refractivity contribution < 1.29 is 4.74 Å². The molecule has 0 saturated carbocycles. The van der Waals surface area contributed by atoms with E-state index in [1.807, 2.05) is 7.11 Å². The van der Waals surface area contributed by atoms with Crippen molar-refractivity contribution in [1.82, 2.24) is 10.2 Å². The monoisotopic (exact) mass is 290 g/mol. The number of piperidine rings is 1. The molecule has 1 N–H and O–H groups in total. The summed E-state index contributed by atoms with van der Waals surface area (Å²) in [5, 5.41) is 3.66. The summed E-state index contributed by atoms with van der Waals surface area (Å²) in [4.78, 5) is 2.59. The summed E-state index contributed by atoms with van der Waals surface area (Å²) in [6.45, 7) is 9.04. The van der Waals surface area contributed by atoms with Crippen molar-refractivity contribution in [2.45, 2.75) is 38.8 Å². The lowest BCUT2D eigenvalue weighted by Crippen LogP contribution is -2.41. The van der Waals surface area contributed by atoms with Crippen LogP contribution in [0.5, 0.6) is 0 Å². The van der Waals surface area contributed by atoms with Gasteiger partial charge in [-0.25, -0.2) is 0 Å². The standard InChI is InChI=1S/C18H30N2O/c1-4-19-18(16-8-6-5-7-9-16)15(2)14-20-12-10-17(21-3)11-13-20/h5-9,15,17-19H,4,10-14H2,1-3H3. The summed E-state index contributed by atoms with van der Waals surface area (Å²) in [5.41, 5.74) is 1.40. The summed E-state index contributed by atoms with van der Waals surface area (Å²) >= 11 is 0. The number of ether oxygens (including phenoxy) is 1. The molecule has 2 atom stereocenters. The highest BCUT2D eigenvalue weighted by Crippen LogP contribution is 2.24. The Morgan fingerprint density at radius 1 is 1.24 bits per heavy atom. The molecule has 21 heavy (non-hydrogen) atoms. The van der Waals surface area contributed by atoms with Gasteiger partial charge in [0, 0.05) is 32.8 Å². The Kier molecular flexibility index (Phi) is 6.68. The van der Waals surface area contributed by atoms with E-state index in [2.05, 4.69) is 54.4 Å². The van der Waals surface area contributed by atoms with E-state index in [1.54, 1.807) is 0 Å². The zero-order valence-corrected chi connectivity index (χ0v) is 13.7.